The van der Waals surface area contributed by atoms with Crippen molar-refractivity contribution >= 4 is 22.8 Å². The number of carbonyl (C=O) groups excluding carboxylic acids is 1. The standard InChI is InChI=1S/C34H35F2N7O3/c1-33(2,3)46-32(44)40-24-8-10-42(11-9-24)29-14-22(17-38)30(31(41-29)20-6-7-21(16-37)26(35)13-20)25-12-23-18-39-43(19-34(4,5)45)28(23)15-27(25)36/h6-7,12-15,18,24,45H,8-11,19H2,1-5H3,(H,40,44). The van der Waals surface area contributed by atoms with Crippen LogP contribution in [0.25, 0.3) is 33.3 Å². The predicted molar refractivity (Wildman–Crippen MR) is 169 cm³/mol. The molecule has 3 heterocycles. The van der Waals surface area contributed by atoms with Gasteiger partial charge in [0.1, 0.15) is 29.1 Å². The second-order valence-electron chi connectivity index (χ2n) is 13.1. The van der Waals surface area contributed by atoms with Gasteiger partial charge in [-0.05, 0) is 71.7 Å². The van der Waals surface area contributed by atoms with E-state index in [1.807, 2.05) is 4.90 Å². The van der Waals surface area contributed by atoms with Gasteiger partial charge in [-0.25, -0.2) is 18.6 Å². The van der Waals surface area contributed by atoms with E-state index < -0.39 is 28.9 Å². The van der Waals surface area contributed by atoms with Crippen LogP contribution in [0.1, 0.15) is 58.6 Å². The molecular formula is C34H35F2N7O3. The molecule has 1 aliphatic rings. The number of hydrogen-bond donors (Lipinski definition) is 2. The van der Waals surface area contributed by atoms with Crippen LogP contribution >= 0.6 is 0 Å². The molecule has 10 nitrogen and oxygen atoms in total. The molecule has 4 aromatic rings. The summed E-state index contributed by atoms with van der Waals surface area (Å²) in [6.45, 7) is 9.77. The molecule has 0 saturated carbocycles. The van der Waals surface area contributed by atoms with Crippen molar-refractivity contribution in [3.05, 3.63) is 65.4 Å². The summed E-state index contributed by atoms with van der Waals surface area (Å²) in [5, 5.41) is 37.7. The van der Waals surface area contributed by atoms with E-state index in [-0.39, 0.29) is 46.1 Å². The van der Waals surface area contributed by atoms with Crippen LogP contribution in [0, 0.1) is 34.3 Å². The van der Waals surface area contributed by atoms with Gasteiger partial charge in [0.05, 0.1) is 46.7 Å². The average Bonchev–Trinajstić information content (AvgIpc) is 3.35. The number of fused-ring (bicyclic) bond motifs is 1. The van der Waals surface area contributed by atoms with Crippen molar-refractivity contribution in [2.24, 2.45) is 0 Å². The Hall–Kier alpha value is -5.07. The van der Waals surface area contributed by atoms with E-state index in [9.17, 15) is 24.8 Å². The van der Waals surface area contributed by atoms with E-state index in [1.54, 1.807) is 59.0 Å². The molecule has 1 saturated heterocycles. The monoisotopic (exact) mass is 627 g/mol. The third-order valence-electron chi connectivity index (χ3n) is 7.57. The maximum Gasteiger partial charge on any atom is 0.407 e. The molecule has 12 heteroatoms. The highest BCUT2D eigenvalue weighted by Crippen LogP contribution is 2.39. The van der Waals surface area contributed by atoms with Crippen LogP contribution in [-0.2, 0) is 11.3 Å². The summed E-state index contributed by atoms with van der Waals surface area (Å²) < 4.78 is 37.8. The van der Waals surface area contributed by atoms with Gasteiger partial charge in [0.15, 0.2) is 0 Å². The smallest absolute Gasteiger partial charge is 0.407 e. The fourth-order valence-electron chi connectivity index (χ4n) is 5.53. The fraction of sp³-hybridized carbons (Fsp3) is 0.382. The number of nitriles is 2. The van der Waals surface area contributed by atoms with Gasteiger partial charge in [-0.1, -0.05) is 6.07 Å². The number of nitrogens with one attached hydrogen (secondary N) is 1. The van der Waals surface area contributed by atoms with Crippen molar-refractivity contribution in [1.29, 1.82) is 10.5 Å². The first kappa shape index (κ1) is 32.3. The Kier molecular flexibility index (Phi) is 8.70. The molecular weight excluding hydrogens is 592 g/mol. The van der Waals surface area contributed by atoms with Crippen molar-refractivity contribution in [3.63, 3.8) is 0 Å². The molecule has 238 valence electrons. The van der Waals surface area contributed by atoms with E-state index in [4.69, 9.17) is 9.72 Å². The molecule has 1 fully saturated rings. The Morgan fingerprint density at radius 2 is 1.74 bits per heavy atom. The highest BCUT2D eigenvalue weighted by atomic mass is 19.1. The molecule has 0 unspecified atom stereocenters. The van der Waals surface area contributed by atoms with Crippen LogP contribution in [0.2, 0.25) is 0 Å². The van der Waals surface area contributed by atoms with E-state index in [0.29, 0.717) is 42.7 Å². The van der Waals surface area contributed by atoms with Gasteiger partial charge in [-0.3, -0.25) is 4.68 Å². The van der Waals surface area contributed by atoms with Crippen LogP contribution in [0.3, 0.4) is 0 Å². The Bertz CT molecular complexity index is 1890. The second kappa shape index (κ2) is 12.4. The number of anilines is 1. The number of nitrogens with zero attached hydrogens (tertiary/aromatic N) is 6. The molecule has 0 spiro atoms. The first-order chi connectivity index (χ1) is 21.7. The molecule has 0 atom stereocenters. The zero-order chi connectivity index (χ0) is 33.4. The summed E-state index contributed by atoms with van der Waals surface area (Å²) in [4.78, 5) is 19.1. The number of piperidine rings is 1. The summed E-state index contributed by atoms with van der Waals surface area (Å²) in [6, 6.07) is 12.3. The van der Waals surface area contributed by atoms with Crippen molar-refractivity contribution in [2.75, 3.05) is 18.0 Å². The summed E-state index contributed by atoms with van der Waals surface area (Å²) in [6.07, 6.45) is 2.24. The zero-order valence-electron chi connectivity index (χ0n) is 26.4. The number of aliphatic hydroxyl groups is 1. The molecule has 2 aromatic heterocycles. The van der Waals surface area contributed by atoms with E-state index >= 15 is 4.39 Å². The lowest BCUT2D eigenvalue weighted by molar-refractivity contribution is 0.0496. The lowest BCUT2D eigenvalue weighted by Gasteiger charge is -2.34. The topological polar surface area (TPSA) is 140 Å². The van der Waals surface area contributed by atoms with Crippen molar-refractivity contribution in [1.82, 2.24) is 20.1 Å². The van der Waals surface area contributed by atoms with Crippen molar-refractivity contribution in [2.45, 2.75) is 71.2 Å². The first-order valence-electron chi connectivity index (χ1n) is 14.9. The summed E-state index contributed by atoms with van der Waals surface area (Å²) >= 11 is 0. The SMILES string of the molecule is CC(C)(O)Cn1ncc2cc(-c3c(C#N)cc(N4CCC(NC(=O)OC(C)(C)C)CC4)nc3-c3ccc(C#N)c(F)c3)c(F)cc21. The molecule has 1 aliphatic heterocycles. The number of hydrogen-bond acceptors (Lipinski definition) is 8. The van der Waals surface area contributed by atoms with E-state index in [0.717, 1.165) is 6.07 Å². The average molecular weight is 628 g/mol. The number of carbonyl (C=O) groups is 1. The number of rotatable bonds is 6. The molecule has 0 aliphatic carbocycles. The summed E-state index contributed by atoms with van der Waals surface area (Å²) in [5.41, 5.74) is -0.592. The van der Waals surface area contributed by atoms with Crippen LogP contribution < -0.4 is 10.2 Å². The molecule has 0 bridgehead atoms. The molecule has 2 N–H and O–H groups in total. The molecule has 2 aromatic carbocycles. The van der Waals surface area contributed by atoms with Crippen LogP contribution in [0.4, 0.5) is 19.4 Å². The van der Waals surface area contributed by atoms with Crippen LogP contribution in [0.5, 0.6) is 0 Å². The Balaban J connectivity index is 1.56. The maximum atomic E-state index is 16.0. The van der Waals surface area contributed by atoms with Crippen LogP contribution in [-0.4, -0.2) is 56.3 Å². The normalized spacial score (nSPS) is 14.2. The Labute approximate surface area is 265 Å². The van der Waals surface area contributed by atoms with Gasteiger partial charge in [0.25, 0.3) is 0 Å². The Morgan fingerprint density at radius 3 is 2.35 bits per heavy atom. The lowest BCUT2D eigenvalue weighted by Crippen LogP contribution is -2.46. The van der Waals surface area contributed by atoms with Gasteiger partial charge in [0, 0.05) is 47.3 Å². The lowest BCUT2D eigenvalue weighted by atomic mass is 9.93. The molecule has 1 amide bonds. The van der Waals surface area contributed by atoms with Gasteiger partial charge in [0.2, 0.25) is 0 Å². The number of benzene rings is 2. The van der Waals surface area contributed by atoms with Crippen molar-refractivity contribution in [3.8, 4) is 34.5 Å². The predicted octanol–water partition coefficient (Wildman–Crippen LogP) is 6.05. The minimum atomic E-state index is -1.09. The highest BCUT2D eigenvalue weighted by molar-refractivity contribution is 5.92. The number of ether oxygens (including phenoxy) is 1. The molecule has 0 radical (unpaired) electrons. The minimum absolute atomic E-state index is 0.0749. The largest absolute Gasteiger partial charge is 0.444 e. The van der Waals surface area contributed by atoms with Gasteiger partial charge < -0.3 is 20.1 Å². The highest BCUT2D eigenvalue weighted by Gasteiger charge is 2.27. The maximum absolute atomic E-state index is 16.0. The third kappa shape index (κ3) is 7.08. The summed E-state index contributed by atoms with van der Waals surface area (Å²) in [7, 11) is 0. The van der Waals surface area contributed by atoms with Crippen molar-refractivity contribution < 1.29 is 23.4 Å². The molecule has 46 heavy (non-hydrogen) atoms. The Morgan fingerprint density at radius 1 is 1.04 bits per heavy atom. The van der Waals surface area contributed by atoms with Gasteiger partial charge >= 0.3 is 6.09 Å². The quantitative estimate of drug-likeness (QED) is 0.263. The first-order valence-corrected chi connectivity index (χ1v) is 14.9. The van der Waals surface area contributed by atoms with Gasteiger partial charge in [-0.15, -0.1) is 0 Å². The van der Waals surface area contributed by atoms with Gasteiger partial charge in [-0.2, -0.15) is 15.6 Å². The van der Waals surface area contributed by atoms with Crippen LogP contribution in [0.15, 0.2) is 42.6 Å². The van der Waals surface area contributed by atoms with E-state index in [1.165, 1.54) is 22.9 Å². The minimum Gasteiger partial charge on any atom is -0.444 e. The number of alkyl carbamates (subject to hydrolysis) is 1. The summed E-state index contributed by atoms with van der Waals surface area (Å²) in [5.74, 6) is -0.981. The number of amides is 1. The zero-order valence-corrected chi connectivity index (χ0v) is 26.4. The second-order valence-corrected chi connectivity index (χ2v) is 13.1. The number of aromatic nitrogens is 3. The molecule has 5 rings (SSSR count). The van der Waals surface area contributed by atoms with E-state index in [2.05, 4.69) is 16.5 Å². The fourth-order valence-corrected chi connectivity index (χ4v) is 5.53. The number of halogens is 2. The number of pyridine rings is 1. The third-order valence-corrected chi connectivity index (χ3v) is 7.57.